The molecule has 14 rings (SSSR count). The molecular weight excluding hydrogens is 957 g/mol. The third-order valence-corrected chi connectivity index (χ3v) is 15.9. The van der Waals surface area contributed by atoms with Crippen LogP contribution in [0.25, 0.3) is 66.8 Å². The van der Waals surface area contributed by atoms with Crippen LogP contribution in [-0.2, 0) is 5.41 Å². The van der Waals surface area contributed by atoms with Crippen molar-refractivity contribution in [1.29, 1.82) is 10.5 Å². The summed E-state index contributed by atoms with van der Waals surface area (Å²) in [5.41, 5.74) is 25.4. The predicted molar refractivity (Wildman–Crippen MR) is 323 cm³/mol. The molecule has 2 aliphatic carbocycles. The fourth-order valence-electron chi connectivity index (χ4n) is 12.2. The van der Waals surface area contributed by atoms with Crippen LogP contribution in [0.5, 0.6) is 0 Å². The van der Waals surface area contributed by atoms with Gasteiger partial charge in [0.2, 0.25) is 0 Å². The van der Waals surface area contributed by atoms with E-state index in [0.29, 0.717) is 11.1 Å². The van der Waals surface area contributed by atoms with Crippen LogP contribution in [0.4, 0.5) is 34.1 Å². The van der Waals surface area contributed by atoms with Gasteiger partial charge in [0.1, 0.15) is 0 Å². The van der Waals surface area contributed by atoms with E-state index in [1.165, 1.54) is 44.5 Å². The van der Waals surface area contributed by atoms with Crippen molar-refractivity contribution in [2.75, 3.05) is 9.80 Å². The van der Waals surface area contributed by atoms with E-state index in [9.17, 15) is 10.5 Å². The van der Waals surface area contributed by atoms with Crippen LogP contribution in [0, 0.1) is 22.7 Å². The number of nitrogens with zero attached hydrogens (tertiary/aromatic N) is 4. The summed E-state index contributed by atoms with van der Waals surface area (Å²) >= 11 is 0. The standard InChI is InChI=1S/C75H48N4/c76-49-51-21-25-53(26-22-51)57-33-41-67-69-43-35-59(55-29-37-65(38-30-55)78(61-13-5-1-6-14-61)62-15-7-2-8-16-62)47-73(69)75(71(67)45-57)72-46-58(54-27-23-52(50-77)24-28-54)34-42-68(72)70-44-36-60(48-74(70)75)56-31-39-66(40-32-56)79(63-17-9-3-10-18-63)64-19-11-4-12-20-64/h1-48H. The molecule has 0 fully saturated rings. The first-order valence-electron chi connectivity index (χ1n) is 26.7. The van der Waals surface area contributed by atoms with Crippen LogP contribution >= 0.6 is 0 Å². The van der Waals surface area contributed by atoms with Gasteiger partial charge in [-0.2, -0.15) is 10.5 Å². The highest BCUT2D eigenvalue weighted by molar-refractivity contribution is 5.99. The monoisotopic (exact) mass is 1000 g/mol. The van der Waals surface area contributed by atoms with Crippen LogP contribution in [-0.4, -0.2) is 0 Å². The molecule has 0 saturated heterocycles. The minimum Gasteiger partial charge on any atom is -0.311 e. The van der Waals surface area contributed by atoms with Crippen LogP contribution in [0.2, 0.25) is 0 Å². The van der Waals surface area contributed by atoms with E-state index in [1.807, 2.05) is 24.3 Å². The number of hydrogen-bond acceptors (Lipinski definition) is 4. The highest BCUT2D eigenvalue weighted by Gasteiger charge is 2.52. The zero-order chi connectivity index (χ0) is 52.9. The minimum absolute atomic E-state index is 0.629. The Bertz CT molecular complexity index is 3970. The van der Waals surface area contributed by atoms with Crippen LogP contribution in [0.1, 0.15) is 33.4 Å². The molecule has 2 aliphatic rings. The number of rotatable bonds is 10. The van der Waals surface area contributed by atoms with Gasteiger partial charge in [-0.25, -0.2) is 0 Å². The highest BCUT2D eigenvalue weighted by Crippen LogP contribution is 2.64. The average Bonchev–Trinajstić information content (AvgIpc) is 4.12. The van der Waals surface area contributed by atoms with E-state index in [1.54, 1.807) is 0 Å². The maximum Gasteiger partial charge on any atom is 0.0991 e. The van der Waals surface area contributed by atoms with E-state index in [2.05, 4.69) is 289 Å². The fourth-order valence-corrected chi connectivity index (χ4v) is 12.2. The molecule has 0 radical (unpaired) electrons. The zero-order valence-electron chi connectivity index (χ0n) is 43.0. The van der Waals surface area contributed by atoms with E-state index >= 15 is 0 Å². The van der Waals surface area contributed by atoms with Crippen molar-refractivity contribution in [3.63, 3.8) is 0 Å². The quantitative estimate of drug-likeness (QED) is 0.137. The summed E-state index contributed by atoms with van der Waals surface area (Å²) in [5.74, 6) is 0. The lowest BCUT2D eigenvalue weighted by molar-refractivity contribution is 0.795. The Balaban J connectivity index is 0.970. The first-order chi connectivity index (χ1) is 39.0. The Kier molecular flexibility index (Phi) is 11.5. The molecule has 0 N–H and O–H groups in total. The normalized spacial score (nSPS) is 12.1. The Morgan fingerprint density at radius 1 is 0.228 bits per heavy atom. The SMILES string of the molecule is N#Cc1ccc(-c2ccc3c(c2)C2(c4cc(-c5ccc(C#N)cc5)ccc4-c4ccc(-c5ccc(N(c6ccccc6)c6ccccc6)cc5)cc42)c2cc(-c4ccc(N(c5ccccc5)c5ccccc5)cc4)ccc2-3)cc1. The maximum absolute atomic E-state index is 9.79. The molecule has 79 heavy (non-hydrogen) atoms. The number of fused-ring (bicyclic) bond motifs is 10. The van der Waals surface area contributed by atoms with Gasteiger partial charge in [0.15, 0.2) is 0 Å². The lowest BCUT2D eigenvalue weighted by Gasteiger charge is -2.32. The van der Waals surface area contributed by atoms with Crippen LogP contribution in [0.15, 0.2) is 291 Å². The van der Waals surface area contributed by atoms with Gasteiger partial charge in [-0.3, -0.25) is 0 Å². The van der Waals surface area contributed by atoms with Crippen LogP contribution in [0.3, 0.4) is 0 Å². The molecule has 12 aromatic rings. The second-order valence-electron chi connectivity index (χ2n) is 20.3. The maximum atomic E-state index is 9.79. The molecule has 0 saturated carbocycles. The van der Waals surface area contributed by atoms with Gasteiger partial charge in [-0.05, 0) is 210 Å². The van der Waals surface area contributed by atoms with Gasteiger partial charge in [-0.1, -0.05) is 170 Å². The third kappa shape index (κ3) is 7.99. The van der Waals surface area contributed by atoms with E-state index in [4.69, 9.17) is 0 Å². The first-order valence-corrected chi connectivity index (χ1v) is 26.7. The molecule has 4 heteroatoms. The number of anilines is 6. The van der Waals surface area contributed by atoms with Crippen molar-refractivity contribution in [2.45, 2.75) is 5.41 Å². The Labute approximate surface area is 460 Å². The highest BCUT2D eigenvalue weighted by atomic mass is 15.1. The smallest absolute Gasteiger partial charge is 0.0991 e. The lowest BCUT2D eigenvalue weighted by atomic mass is 9.69. The fraction of sp³-hybridized carbons (Fsp3) is 0.0133. The molecule has 0 bridgehead atoms. The predicted octanol–water partition coefficient (Wildman–Crippen LogP) is 19.4. The molecule has 4 nitrogen and oxygen atoms in total. The first kappa shape index (κ1) is 46.7. The summed E-state index contributed by atoms with van der Waals surface area (Å²) in [4.78, 5) is 4.60. The van der Waals surface area contributed by atoms with Gasteiger partial charge >= 0.3 is 0 Å². The van der Waals surface area contributed by atoms with Crippen molar-refractivity contribution >= 4 is 34.1 Å². The van der Waals surface area contributed by atoms with Crippen molar-refractivity contribution < 1.29 is 0 Å². The number of nitriles is 2. The summed E-state index contributed by atoms with van der Waals surface area (Å²) in [6, 6.07) is 109. The minimum atomic E-state index is -0.749. The summed E-state index contributed by atoms with van der Waals surface area (Å²) in [5, 5.41) is 19.6. The van der Waals surface area contributed by atoms with E-state index in [-0.39, 0.29) is 0 Å². The molecule has 1 spiro atoms. The van der Waals surface area contributed by atoms with E-state index < -0.39 is 5.41 Å². The van der Waals surface area contributed by atoms with Crippen molar-refractivity contribution in [3.8, 4) is 78.9 Å². The molecule has 0 aliphatic heterocycles. The molecular formula is C75H48N4. The van der Waals surface area contributed by atoms with Gasteiger partial charge in [0, 0.05) is 34.1 Å². The number of hydrogen-bond donors (Lipinski definition) is 0. The molecule has 368 valence electrons. The average molecular weight is 1010 g/mol. The summed E-state index contributed by atoms with van der Waals surface area (Å²) < 4.78 is 0. The Morgan fingerprint density at radius 3 is 0.684 bits per heavy atom. The Hall–Kier alpha value is -10.8. The zero-order valence-corrected chi connectivity index (χ0v) is 43.0. The summed E-state index contributed by atoms with van der Waals surface area (Å²) in [6.45, 7) is 0. The molecule has 12 aromatic carbocycles. The van der Waals surface area contributed by atoms with Gasteiger partial charge in [-0.15, -0.1) is 0 Å². The Morgan fingerprint density at radius 2 is 0.443 bits per heavy atom. The number of para-hydroxylation sites is 4. The molecule has 0 aromatic heterocycles. The third-order valence-electron chi connectivity index (χ3n) is 15.9. The summed E-state index contributed by atoms with van der Waals surface area (Å²) in [6.07, 6.45) is 0. The number of benzene rings is 12. The second kappa shape index (κ2) is 19.4. The molecule has 0 unspecified atom stereocenters. The molecule has 0 amide bonds. The lowest BCUT2D eigenvalue weighted by Crippen LogP contribution is -2.26. The van der Waals surface area contributed by atoms with Gasteiger partial charge in [0.05, 0.1) is 28.7 Å². The molecule has 0 atom stereocenters. The topological polar surface area (TPSA) is 54.1 Å². The van der Waals surface area contributed by atoms with Crippen molar-refractivity contribution in [1.82, 2.24) is 0 Å². The largest absolute Gasteiger partial charge is 0.311 e. The molecule has 0 heterocycles. The van der Waals surface area contributed by atoms with Gasteiger partial charge < -0.3 is 9.80 Å². The van der Waals surface area contributed by atoms with Crippen molar-refractivity contribution in [2.24, 2.45) is 0 Å². The van der Waals surface area contributed by atoms with Crippen LogP contribution < -0.4 is 9.80 Å². The summed E-state index contributed by atoms with van der Waals surface area (Å²) in [7, 11) is 0. The van der Waals surface area contributed by atoms with Gasteiger partial charge in [0.25, 0.3) is 0 Å². The van der Waals surface area contributed by atoms with E-state index in [0.717, 1.165) is 78.6 Å². The van der Waals surface area contributed by atoms with Crippen molar-refractivity contribution in [3.05, 3.63) is 325 Å². The second-order valence-corrected chi connectivity index (χ2v) is 20.3.